The second kappa shape index (κ2) is 7.21. The summed E-state index contributed by atoms with van der Waals surface area (Å²) in [4.78, 5) is 0. The van der Waals surface area contributed by atoms with Gasteiger partial charge in [0, 0.05) is 4.47 Å². The number of ether oxygens (including phenoxy) is 1. The zero-order valence-corrected chi connectivity index (χ0v) is 13.6. The Balaban J connectivity index is 1.85. The van der Waals surface area contributed by atoms with Gasteiger partial charge in [0.05, 0.1) is 6.10 Å². The topological polar surface area (TPSA) is 21.3 Å². The molecule has 1 aliphatic heterocycles. The summed E-state index contributed by atoms with van der Waals surface area (Å²) in [7, 11) is 0. The molecule has 0 aromatic heterocycles. The van der Waals surface area contributed by atoms with Crippen LogP contribution in [0.25, 0.3) is 0 Å². The van der Waals surface area contributed by atoms with E-state index in [1.165, 1.54) is 11.1 Å². The van der Waals surface area contributed by atoms with Gasteiger partial charge in [-0.05, 0) is 49.2 Å². The van der Waals surface area contributed by atoms with E-state index in [1.807, 2.05) is 6.07 Å². The van der Waals surface area contributed by atoms with Gasteiger partial charge in [0.15, 0.2) is 0 Å². The fourth-order valence-electron chi connectivity index (χ4n) is 2.74. The minimum absolute atomic E-state index is 0.0161. The Hall–Kier alpha value is -1.16. The number of benzene rings is 2. The second-order valence-corrected chi connectivity index (χ2v) is 6.34. The monoisotopic (exact) mass is 345 g/mol. The van der Waals surface area contributed by atoms with E-state index in [-0.39, 0.29) is 6.10 Å². The van der Waals surface area contributed by atoms with Crippen LogP contribution in [0.2, 0.25) is 0 Å². The van der Waals surface area contributed by atoms with E-state index in [9.17, 15) is 0 Å². The summed E-state index contributed by atoms with van der Waals surface area (Å²) in [6.45, 7) is 2.10. The Bertz CT molecular complexity index is 549. The molecule has 1 aliphatic rings. The van der Waals surface area contributed by atoms with E-state index < -0.39 is 0 Å². The molecule has 3 rings (SSSR count). The fourth-order valence-corrected chi connectivity index (χ4v) is 3.00. The van der Waals surface area contributed by atoms with E-state index in [1.54, 1.807) is 0 Å². The first-order valence-electron chi connectivity index (χ1n) is 7.49. The molecule has 1 saturated heterocycles. The molecule has 1 fully saturated rings. The summed E-state index contributed by atoms with van der Waals surface area (Å²) in [6, 6.07) is 18.9. The maximum absolute atomic E-state index is 6.45. The Kier molecular flexibility index (Phi) is 5.07. The number of nitrogens with one attached hydrogen (secondary N) is 1. The van der Waals surface area contributed by atoms with Crippen LogP contribution in [-0.2, 0) is 4.74 Å². The van der Waals surface area contributed by atoms with Crippen molar-refractivity contribution < 1.29 is 4.74 Å². The quantitative estimate of drug-likeness (QED) is 0.891. The molecule has 0 amide bonds. The molecular weight excluding hydrogens is 326 g/mol. The first-order chi connectivity index (χ1) is 10.3. The van der Waals surface area contributed by atoms with Crippen molar-refractivity contribution in [1.29, 1.82) is 0 Å². The van der Waals surface area contributed by atoms with Crippen LogP contribution in [0.4, 0.5) is 0 Å². The van der Waals surface area contributed by atoms with Crippen LogP contribution in [0.1, 0.15) is 30.1 Å². The van der Waals surface area contributed by atoms with Crippen LogP contribution in [0, 0.1) is 0 Å². The van der Waals surface area contributed by atoms with Crippen molar-refractivity contribution in [1.82, 2.24) is 5.32 Å². The molecule has 0 radical (unpaired) electrons. The SMILES string of the molecule is Brc1ccc(C(OC2CCNCC2)c2ccccc2)cc1. The zero-order valence-electron chi connectivity index (χ0n) is 12.0. The Morgan fingerprint density at radius 3 is 2.19 bits per heavy atom. The van der Waals surface area contributed by atoms with Gasteiger partial charge in [0.25, 0.3) is 0 Å². The molecule has 0 spiro atoms. The lowest BCUT2D eigenvalue weighted by Crippen LogP contribution is -2.33. The second-order valence-electron chi connectivity index (χ2n) is 5.43. The van der Waals surface area contributed by atoms with Crippen LogP contribution in [0.15, 0.2) is 59.1 Å². The third-order valence-electron chi connectivity index (χ3n) is 3.89. The molecule has 2 nitrogen and oxygen atoms in total. The van der Waals surface area contributed by atoms with Gasteiger partial charge in [-0.3, -0.25) is 0 Å². The number of hydrogen-bond donors (Lipinski definition) is 1. The van der Waals surface area contributed by atoms with E-state index in [0.29, 0.717) is 6.10 Å². The highest BCUT2D eigenvalue weighted by Gasteiger charge is 2.21. The van der Waals surface area contributed by atoms with Crippen LogP contribution in [0.3, 0.4) is 0 Å². The maximum atomic E-state index is 6.45. The average Bonchev–Trinajstić information content (AvgIpc) is 2.55. The Morgan fingerprint density at radius 1 is 0.905 bits per heavy atom. The Labute approximate surface area is 134 Å². The van der Waals surface area contributed by atoms with Gasteiger partial charge in [0.1, 0.15) is 6.10 Å². The van der Waals surface area contributed by atoms with Gasteiger partial charge < -0.3 is 10.1 Å². The third-order valence-corrected chi connectivity index (χ3v) is 4.42. The lowest BCUT2D eigenvalue weighted by molar-refractivity contribution is -0.00805. The van der Waals surface area contributed by atoms with Crippen molar-refractivity contribution in [3.05, 3.63) is 70.2 Å². The van der Waals surface area contributed by atoms with E-state index in [4.69, 9.17) is 4.74 Å². The first kappa shape index (κ1) is 14.8. The summed E-state index contributed by atoms with van der Waals surface area (Å²) in [6.07, 6.45) is 2.52. The number of piperidine rings is 1. The number of hydrogen-bond acceptors (Lipinski definition) is 2. The average molecular weight is 346 g/mol. The fraction of sp³-hybridized carbons (Fsp3) is 0.333. The summed E-state index contributed by atoms with van der Waals surface area (Å²) in [5.74, 6) is 0. The van der Waals surface area contributed by atoms with Gasteiger partial charge in [-0.15, -0.1) is 0 Å². The van der Waals surface area contributed by atoms with Crippen molar-refractivity contribution in [3.8, 4) is 0 Å². The van der Waals surface area contributed by atoms with Crippen LogP contribution < -0.4 is 5.32 Å². The van der Waals surface area contributed by atoms with Crippen molar-refractivity contribution >= 4 is 15.9 Å². The van der Waals surface area contributed by atoms with Crippen molar-refractivity contribution in [3.63, 3.8) is 0 Å². The molecular formula is C18H20BrNO. The minimum Gasteiger partial charge on any atom is -0.365 e. The molecule has 2 aromatic carbocycles. The highest BCUT2D eigenvalue weighted by molar-refractivity contribution is 9.10. The standard InChI is InChI=1S/C18H20BrNO/c19-16-8-6-15(7-9-16)18(14-4-2-1-3-5-14)21-17-10-12-20-13-11-17/h1-9,17-18,20H,10-13H2. The lowest BCUT2D eigenvalue weighted by atomic mass is 10.0. The third kappa shape index (κ3) is 3.94. The van der Waals surface area contributed by atoms with Crippen molar-refractivity contribution in [2.45, 2.75) is 25.0 Å². The summed E-state index contributed by atoms with van der Waals surface area (Å²) < 4.78 is 7.55. The van der Waals surface area contributed by atoms with Crippen molar-refractivity contribution in [2.24, 2.45) is 0 Å². The largest absolute Gasteiger partial charge is 0.365 e. The summed E-state index contributed by atoms with van der Waals surface area (Å²) in [5, 5.41) is 3.39. The molecule has 0 bridgehead atoms. The van der Waals surface area contributed by atoms with E-state index >= 15 is 0 Å². The van der Waals surface area contributed by atoms with Gasteiger partial charge in [0.2, 0.25) is 0 Å². The van der Waals surface area contributed by atoms with Gasteiger partial charge in [-0.25, -0.2) is 0 Å². The smallest absolute Gasteiger partial charge is 0.108 e. The summed E-state index contributed by atoms with van der Waals surface area (Å²) >= 11 is 3.50. The molecule has 1 unspecified atom stereocenters. The van der Waals surface area contributed by atoms with E-state index in [2.05, 4.69) is 69.8 Å². The van der Waals surface area contributed by atoms with Crippen LogP contribution >= 0.6 is 15.9 Å². The lowest BCUT2D eigenvalue weighted by Gasteiger charge is -2.28. The van der Waals surface area contributed by atoms with Crippen molar-refractivity contribution in [2.75, 3.05) is 13.1 Å². The minimum atomic E-state index is 0.0161. The molecule has 2 aromatic rings. The molecule has 1 N–H and O–H groups in total. The molecule has 1 atom stereocenters. The van der Waals surface area contributed by atoms with Gasteiger partial charge >= 0.3 is 0 Å². The predicted octanol–water partition coefficient (Wildman–Crippen LogP) is 4.31. The first-order valence-corrected chi connectivity index (χ1v) is 8.29. The van der Waals surface area contributed by atoms with Crippen LogP contribution in [0.5, 0.6) is 0 Å². The van der Waals surface area contributed by atoms with Gasteiger partial charge in [-0.1, -0.05) is 58.4 Å². The Morgan fingerprint density at radius 2 is 1.52 bits per heavy atom. The molecule has 21 heavy (non-hydrogen) atoms. The highest BCUT2D eigenvalue weighted by Crippen LogP contribution is 2.30. The van der Waals surface area contributed by atoms with Gasteiger partial charge in [-0.2, -0.15) is 0 Å². The maximum Gasteiger partial charge on any atom is 0.108 e. The molecule has 110 valence electrons. The molecule has 0 aliphatic carbocycles. The number of halogens is 1. The van der Waals surface area contributed by atoms with E-state index in [0.717, 1.165) is 30.4 Å². The summed E-state index contributed by atoms with van der Waals surface area (Å²) in [5.41, 5.74) is 2.43. The normalized spacial score (nSPS) is 17.6. The zero-order chi connectivity index (χ0) is 14.5. The molecule has 0 saturated carbocycles. The molecule has 1 heterocycles. The predicted molar refractivity (Wildman–Crippen MR) is 89.4 cm³/mol. The number of rotatable bonds is 4. The molecule has 3 heteroatoms. The highest BCUT2D eigenvalue weighted by atomic mass is 79.9. The van der Waals surface area contributed by atoms with Crippen LogP contribution in [-0.4, -0.2) is 19.2 Å².